The highest BCUT2D eigenvalue weighted by atomic mass is 19.1. The minimum atomic E-state index is -0.0972. The van der Waals surface area contributed by atoms with E-state index in [2.05, 4.69) is 0 Å². The van der Waals surface area contributed by atoms with E-state index in [1.807, 2.05) is 66.7 Å². The van der Waals surface area contributed by atoms with Gasteiger partial charge in [0.1, 0.15) is 17.5 Å². The van der Waals surface area contributed by atoms with Crippen molar-refractivity contribution in [2.45, 2.75) is 67.7 Å². The van der Waals surface area contributed by atoms with Crippen molar-refractivity contribution in [1.29, 1.82) is 0 Å². The van der Waals surface area contributed by atoms with E-state index >= 15 is 0 Å². The van der Waals surface area contributed by atoms with E-state index in [4.69, 9.17) is 0 Å². The van der Waals surface area contributed by atoms with Gasteiger partial charge in [0.05, 0.1) is 0 Å². The molecule has 0 spiro atoms. The van der Waals surface area contributed by atoms with Crippen LogP contribution in [0.4, 0.5) is 13.2 Å². The molecular formula is C28H39F3. The summed E-state index contributed by atoms with van der Waals surface area (Å²) in [5.74, 6) is -0.292. The molecule has 0 fully saturated rings. The molecule has 0 bridgehead atoms. The third kappa shape index (κ3) is 13.4. The van der Waals surface area contributed by atoms with Crippen molar-refractivity contribution >= 4 is 0 Å². The molecule has 0 heterocycles. The smallest absolute Gasteiger partial charge is 0.126 e. The molecule has 0 N–H and O–H groups in total. The maximum atomic E-state index is 12.6. The summed E-state index contributed by atoms with van der Waals surface area (Å²) in [5.41, 5.74) is 2.37. The Hall–Kier alpha value is -2.55. The minimum Gasteiger partial charge on any atom is -0.207 e. The van der Waals surface area contributed by atoms with Crippen molar-refractivity contribution in [2.75, 3.05) is 0 Å². The predicted molar refractivity (Wildman–Crippen MR) is 130 cm³/mol. The average molecular weight is 433 g/mol. The first-order chi connectivity index (χ1) is 15.0. The van der Waals surface area contributed by atoms with Gasteiger partial charge in [-0.05, 0) is 54.2 Å². The van der Waals surface area contributed by atoms with Gasteiger partial charge in [-0.3, -0.25) is 0 Å². The minimum absolute atomic E-state index is 0.0972. The highest BCUT2D eigenvalue weighted by Crippen LogP contribution is 2.06. The molecule has 0 saturated heterocycles. The number of halogens is 3. The summed E-state index contributed by atoms with van der Waals surface area (Å²) in [5, 5.41) is 0. The van der Waals surface area contributed by atoms with Gasteiger partial charge in [-0.2, -0.15) is 0 Å². The largest absolute Gasteiger partial charge is 0.207 e. The van der Waals surface area contributed by atoms with Crippen LogP contribution in [0, 0.1) is 17.5 Å². The molecule has 0 aliphatic carbocycles. The number of hydrogen-bond donors (Lipinski definition) is 0. The van der Waals surface area contributed by atoms with Crippen LogP contribution in [-0.2, 0) is 19.3 Å². The second-order valence-corrected chi connectivity index (χ2v) is 5.83. The molecular weight excluding hydrogens is 393 g/mol. The summed E-state index contributed by atoms with van der Waals surface area (Å²) in [4.78, 5) is 0. The van der Waals surface area contributed by atoms with Gasteiger partial charge in [0.15, 0.2) is 0 Å². The normalized spacial score (nSPS) is 8.71. The third-order valence-electron chi connectivity index (χ3n) is 4.02. The molecule has 0 nitrogen and oxygen atoms in total. The SMILES string of the molecule is CC.CC.CCc1ccccc1F.CCc1ccccc1F.CCc1ccccc1F. The van der Waals surface area contributed by atoms with E-state index in [0.717, 1.165) is 36.0 Å². The molecule has 172 valence electrons. The van der Waals surface area contributed by atoms with E-state index in [0.29, 0.717) is 0 Å². The Balaban J connectivity index is 0. The molecule has 0 amide bonds. The maximum absolute atomic E-state index is 12.6. The van der Waals surface area contributed by atoms with E-state index in [1.165, 1.54) is 18.2 Å². The lowest BCUT2D eigenvalue weighted by molar-refractivity contribution is 0.612. The molecule has 0 aromatic heterocycles. The van der Waals surface area contributed by atoms with Crippen molar-refractivity contribution in [1.82, 2.24) is 0 Å². The predicted octanol–water partition coefficient (Wildman–Crippen LogP) is 9.22. The van der Waals surface area contributed by atoms with Gasteiger partial charge in [0, 0.05) is 0 Å². The van der Waals surface area contributed by atoms with Crippen molar-refractivity contribution in [3.63, 3.8) is 0 Å². The van der Waals surface area contributed by atoms with E-state index in [9.17, 15) is 13.2 Å². The van der Waals surface area contributed by atoms with Gasteiger partial charge in [-0.15, -0.1) is 0 Å². The molecule has 3 heteroatoms. The Kier molecular flexibility index (Phi) is 20.5. The van der Waals surface area contributed by atoms with Crippen LogP contribution in [0.2, 0.25) is 0 Å². The van der Waals surface area contributed by atoms with E-state index < -0.39 is 0 Å². The first-order valence-electron chi connectivity index (χ1n) is 11.2. The summed E-state index contributed by atoms with van der Waals surface area (Å²) in [6.07, 6.45) is 2.31. The highest BCUT2D eigenvalue weighted by molar-refractivity contribution is 5.18. The molecule has 3 aromatic carbocycles. The third-order valence-corrected chi connectivity index (χ3v) is 4.02. The Bertz CT molecular complexity index is 689. The molecule has 31 heavy (non-hydrogen) atoms. The van der Waals surface area contributed by atoms with Gasteiger partial charge < -0.3 is 0 Å². The lowest BCUT2D eigenvalue weighted by Crippen LogP contribution is -1.83. The Morgan fingerprint density at radius 2 is 0.613 bits per heavy atom. The molecule has 0 aliphatic rings. The molecule has 0 radical (unpaired) electrons. The first kappa shape index (κ1) is 30.6. The highest BCUT2D eigenvalue weighted by Gasteiger charge is 1.95. The zero-order valence-corrected chi connectivity index (χ0v) is 20.2. The van der Waals surface area contributed by atoms with Gasteiger partial charge in [-0.25, -0.2) is 13.2 Å². The number of benzene rings is 3. The number of rotatable bonds is 3. The summed E-state index contributed by atoms with van der Waals surface area (Å²) < 4.78 is 37.8. The zero-order valence-electron chi connectivity index (χ0n) is 20.2. The Morgan fingerprint density at radius 1 is 0.419 bits per heavy atom. The van der Waals surface area contributed by atoms with Crippen LogP contribution in [0.1, 0.15) is 65.2 Å². The molecule has 0 atom stereocenters. The van der Waals surface area contributed by atoms with Crippen molar-refractivity contribution in [3.8, 4) is 0 Å². The quantitative estimate of drug-likeness (QED) is 0.387. The summed E-state index contributed by atoms with van der Waals surface area (Å²) >= 11 is 0. The van der Waals surface area contributed by atoms with Crippen LogP contribution < -0.4 is 0 Å². The van der Waals surface area contributed by atoms with Crippen molar-refractivity contribution in [2.24, 2.45) is 0 Å². The van der Waals surface area contributed by atoms with Crippen LogP contribution in [-0.4, -0.2) is 0 Å². The topological polar surface area (TPSA) is 0 Å². The van der Waals surface area contributed by atoms with Crippen molar-refractivity contribution in [3.05, 3.63) is 107 Å². The van der Waals surface area contributed by atoms with Gasteiger partial charge in [0.25, 0.3) is 0 Å². The fourth-order valence-electron chi connectivity index (χ4n) is 2.36. The Morgan fingerprint density at radius 3 is 0.742 bits per heavy atom. The fraction of sp³-hybridized carbons (Fsp3) is 0.357. The van der Waals surface area contributed by atoms with Crippen molar-refractivity contribution < 1.29 is 13.2 Å². The summed E-state index contributed by atoms with van der Waals surface area (Å²) in [7, 11) is 0. The summed E-state index contributed by atoms with van der Waals surface area (Å²) in [6, 6.07) is 20.5. The van der Waals surface area contributed by atoms with Gasteiger partial charge >= 0.3 is 0 Å². The molecule has 3 aromatic rings. The van der Waals surface area contributed by atoms with Crippen LogP contribution in [0.15, 0.2) is 72.8 Å². The van der Waals surface area contributed by atoms with Gasteiger partial charge in [-0.1, -0.05) is 103 Å². The second kappa shape index (κ2) is 20.7. The zero-order chi connectivity index (χ0) is 24.1. The van der Waals surface area contributed by atoms with Gasteiger partial charge in [0.2, 0.25) is 0 Å². The summed E-state index contributed by atoms with van der Waals surface area (Å²) in [6.45, 7) is 13.8. The number of hydrogen-bond acceptors (Lipinski definition) is 0. The number of aryl methyl sites for hydroxylation is 3. The molecule has 0 unspecified atom stereocenters. The molecule has 0 aliphatic heterocycles. The van der Waals surface area contributed by atoms with Crippen LogP contribution in [0.5, 0.6) is 0 Å². The lowest BCUT2D eigenvalue weighted by atomic mass is 10.2. The van der Waals surface area contributed by atoms with Crippen LogP contribution >= 0.6 is 0 Å². The fourth-order valence-corrected chi connectivity index (χ4v) is 2.36. The van der Waals surface area contributed by atoms with E-state index in [1.54, 1.807) is 36.4 Å². The Labute approximate surface area is 188 Å². The average Bonchev–Trinajstić information content (AvgIpc) is 2.83. The standard InChI is InChI=1S/3C8H9F.2C2H6/c3*1-2-7-5-3-4-6-8(7)9;2*1-2/h3*3-6H,2H2,1H3;2*1-2H3. The van der Waals surface area contributed by atoms with Crippen LogP contribution in [0.25, 0.3) is 0 Å². The second-order valence-electron chi connectivity index (χ2n) is 5.83. The van der Waals surface area contributed by atoms with E-state index in [-0.39, 0.29) is 17.5 Å². The lowest BCUT2D eigenvalue weighted by Gasteiger charge is -1.94. The first-order valence-corrected chi connectivity index (χ1v) is 11.2. The molecule has 3 rings (SSSR count). The van der Waals surface area contributed by atoms with Crippen LogP contribution in [0.3, 0.4) is 0 Å². The molecule has 0 saturated carbocycles. The maximum Gasteiger partial charge on any atom is 0.126 e. The monoisotopic (exact) mass is 432 g/mol.